The molecular weight excluding hydrogens is 435 g/mol. The molecule has 24 heavy (non-hydrogen) atoms. The Kier molecular flexibility index (Phi) is 3.97. The summed E-state index contributed by atoms with van der Waals surface area (Å²) in [5.74, 6) is 0. The molecule has 0 amide bonds. The number of hydrogen-bond donors (Lipinski definition) is 0. The quantitative estimate of drug-likeness (QED) is 0.409. The van der Waals surface area contributed by atoms with Gasteiger partial charge in [0.25, 0.3) is 0 Å². The van der Waals surface area contributed by atoms with Gasteiger partial charge in [0.05, 0.1) is 10.4 Å². The summed E-state index contributed by atoms with van der Waals surface area (Å²) >= 11 is 9.02. The molecular formula is C18H12ClIN4. The van der Waals surface area contributed by atoms with Crippen LogP contribution in [-0.2, 0) is 7.05 Å². The summed E-state index contributed by atoms with van der Waals surface area (Å²) in [6.45, 7) is 0. The Bertz CT molecular complexity index is 1040. The van der Waals surface area contributed by atoms with Crippen molar-refractivity contribution in [2.75, 3.05) is 0 Å². The zero-order valence-electron chi connectivity index (χ0n) is 12.7. The van der Waals surface area contributed by atoms with Crippen molar-refractivity contribution in [3.63, 3.8) is 0 Å². The van der Waals surface area contributed by atoms with E-state index in [1.165, 1.54) is 0 Å². The zero-order chi connectivity index (χ0) is 16.7. The van der Waals surface area contributed by atoms with Crippen LogP contribution in [0.25, 0.3) is 33.5 Å². The molecule has 0 spiro atoms. The highest BCUT2D eigenvalue weighted by Crippen LogP contribution is 2.37. The standard InChI is InChI=1S/C18H12ClIN4/c1-24-18-14(16(23-24)12-8-5-9-13(20)10-12)15(19)17(21-22-18)11-6-3-2-4-7-11/h2-10H,1H3. The van der Waals surface area contributed by atoms with Crippen molar-refractivity contribution in [2.45, 2.75) is 0 Å². The molecule has 118 valence electrons. The van der Waals surface area contributed by atoms with Crippen LogP contribution < -0.4 is 0 Å². The number of aryl methyl sites for hydroxylation is 1. The van der Waals surface area contributed by atoms with Crippen molar-refractivity contribution in [3.8, 4) is 22.5 Å². The lowest BCUT2D eigenvalue weighted by atomic mass is 10.1. The van der Waals surface area contributed by atoms with Crippen LogP contribution >= 0.6 is 34.2 Å². The molecule has 0 N–H and O–H groups in total. The van der Waals surface area contributed by atoms with Crippen molar-refractivity contribution in [2.24, 2.45) is 7.05 Å². The largest absolute Gasteiger partial charge is 0.248 e. The van der Waals surface area contributed by atoms with Crippen LogP contribution in [-0.4, -0.2) is 20.0 Å². The van der Waals surface area contributed by atoms with Gasteiger partial charge in [-0.1, -0.05) is 54.1 Å². The molecule has 0 bridgehead atoms. The summed E-state index contributed by atoms with van der Waals surface area (Å²) < 4.78 is 2.86. The number of fused-ring (bicyclic) bond motifs is 1. The number of benzene rings is 2. The van der Waals surface area contributed by atoms with Crippen LogP contribution in [0.2, 0.25) is 5.02 Å². The van der Waals surface area contributed by atoms with E-state index in [4.69, 9.17) is 11.6 Å². The molecule has 4 aromatic rings. The SMILES string of the molecule is Cn1nc(-c2cccc(I)c2)c2c(Cl)c(-c3ccccc3)nnc21. The van der Waals surface area contributed by atoms with Gasteiger partial charge in [-0.3, -0.25) is 0 Å². The second-order valence-corrected chi connectivity index (χ2v) is 7.03. The van der Waals surface area contributed by atoms with Crippen LogP contribution in [0.5, 0.6) is 0 Å². The van der Waals surface area contributed by atoms with E-state index in [9.17, 15) is 0 Å². The maximum Gasteiger partial charge on any atom is 0.182 e. The Morgan fingerprint density at radius 2 is 1.67 bits per heavy atom. The van der Waals surface area contributed by atoms with E-state index in [1.807, 2.05) is 55.6 Å². The Balaban J connectivity index is 2.02. The minimum Gasteiger partial charge on any atom is -0.248 e. The van der Waals surface area contributed by atoms with E-state index in [0.29, 0.717) is 16.4 Å². The second-order valence-electron chi connectivity index (χ2n) is 5.41. The van der Waals surface area contributed by atoms with Crippen molar-refractivity contribution in [3.05, 3.63) is 63.2 Å². The van der Waals surface area contributed by atoms with Crippen molar-refractivity contribution in [1.29, 1.82) is 0 Å². The summed E-state index contributed by atoms with van der Waals surface area (Å²) in [6, 6.07) is 18.0. The molecule has 0 fully saturated rings. The Hall–Kier alpha value is -1.99. The number of hydrogen-bond acceptors (Lipinski definition) is 3. The molecule has 2 aromatic carbocycles. The second kappa shape index (κ2) is 6.14. The first-order valence-corrected chi connectivity index (χ1v) is 8.81. The Labute approximate surface area is 157 Å². The molecule has 0 atom stereocenters. The van der Waals surface area contributed by atoms with Gasteiger partial charge in [0.15, 0.2) is 5.65 Å². The molecule has 0 radical (unpaired) electrons. The normalized spacial score (nSPS) is 11.1. The van der Waals surface area contributed by atoms with Crippen LogP contribution in [0.15, 0.2) is 54.6 Å². The first-order valence-electron chi connectivity index (χ1n) is 7.35. The maximum atomic E-state index is 6.73. The molecule has 4 rings (SSSR count). The van der Waals surface area contributed by atoms with Crippen molar-refractivity contribution < 1.29 is 0 Å². The average Bonchev–Trinajstić information content (AvgIpc) is 2.94. The summed E-state index contributed by atoms with van der Waals surface area (Å²) in [5, 5.41) is 14.7. The van der Waals surface area contributed by atoms with Gasteiger partial charge in [-0.25, -0.2) is 4.68 Å². The number of rotatable bonds is 2. The molecule has 0 saturated heterocycles. The Morgan fingerprint density at radius 1 is 0.917 bits per heavy atom. The van der Waals surface area contributed by atoms with Crippen molar-refractivity contribution >= 4 is 45.2 Å². The molecule has 0 aliphatic heterocycles. The third-order valence-electron chi connectivity index (χ3n) is 3.83. The minimum absolute atomic E-state index is 0.577. The molecule has 2 heterocycles. The lowest BCUT2D eigenvalue weighted by Gasteiger charge is -2.05. The van der Waals surface area contributed by atoms with Crippen LogP contribution in [0, 0.1) is 3.57 Å². The lowest BCUT2D eigenvalue weighted by molar-refractivity contribution is 0.781. The lowest BCUT2D eigenvalue weighted by Crippen LogP contribution is -1.95. The third-order valence-corrected chi connectivity index (χ3v) is 4.87. The predicted molar refractivity (Wildman–Crippen MR) is 105 cm³/mol. The monoisotopic (exact) mass is 446 g/mol. The predicted octanol–water partition coefficient (Wildman–Crippen LogP) is 4.96. The van der Waals surface area contributed by atoms with E-state index in [-0.39, 0.29) is 0 Å². The van der Waals surface area contributed by atoms with E-state index in [2.05, 4.69) is 44.0 Å². The fourth-order valence-electron chi connectivity index (χ4n) is 2.71. The minimum atomic E-state index is 0.577. The first-order chi connectivity index (χ1) is 11.6. The fourth-order valence-corrected chi connectivity index (χ4v) is 3.57. The van der Waals surface area contributed by atoms with Gasteiger partial charge >= 0.3 is 0 Å². The number of halogens is 2. The first kappa shape index (κ1) is 15.5. The van der Waals surface area contributed by atoms with Gasteiger partial charge in [-0.2, -0.15) is 5.10 Å². The maximum absolute atomic E-state index is 6.73. The summed E-state index contributed by atoms with van der Waals surface area (Å²) in [5.41, 5.74) is 4.12. The van der Waals surface area contributed by atoms with Gasteiger partial charge < -0.3 is 0 Å². The van der Waals surface area contributed by atoms with Crippen molar-refractivity contribution in [1.82, 2.24) is 20.0 Å². The number of nitrogens with zero attached hydrogens (tertiary/aromatic N) is 4. The van der Waals surface area contributed by atoms with Gasteiger partial charge in [-0.05, 0) is 34.7 Å². The summed E-state index contributed by atoms with van der Waals surface area (Å²) in [4.78, 5) is 0. The van der Waals surface area contributed by atoms with Gasteiger partial charge in [0.1, 0.15) is 11.4 Å². The van der Waals surface area contributed by atoms with E-state index < -0.39 is 0 Å². The Morgan fingerprint density at radius 3 is 2.42 bits per heavy atom. The van der Waals surface area contributed by atoms with Crippen LogP contribution in [0.4, 0.5) is 0 Å². The molecule has 0 unspecified atom stereocenters. The van der Waals surface area contributed by atoms with Gasteiger partial charge in [-0.15, -0.1) is 10.2 Å². The molecule has 0 saturated carbocycles. The van der Waals surface area contributed by atoms with E-state index in [1.54, 1.807) is 4.68 Å². The highest BCUT2D eigenvalue weighted by Gasteiger charge is 2.19. The van der Waals surface area contributed by atoms with Gasteiger partial charge in [0, 0.05) is 21.7 Å². The third kappa shape index (κ3) is 2.57. The van der Waals surface area contributed by atoms with E-state index in [0.717, 1.165) is 25.8 Å². The fraction of sp³-hybridized carbons (Fsp3) is 0.0556. The van der Waals surface area contributed by atoms with Crippen LogP contribution in [0.3, 0.4) is 0 Å². The smallest absolute Gasteiger partial charge is 0.182 e. The summed E-state index contributed by atoms with van der Waals surface area (Å²) in [6.07, 6.45) is 0. The average molecular weight is 447 g/mol. The summed E-state index contributed by atoms with van der Waals surface area (Å²) in [7, 11) is 1.85. The topological polar surface area (TPSA) is 43.6 Å². The van der Waals surface area contributed by atoms with Crippen LogP contribution in [0.1, 0.15) is 0 Å². The van der Waals surface area contributed by atoms with E-state index >= 15 is 0 Å². The highest BCUT2D eigenvalue weighted by atomic mass is 127. The molecule has 2 aromatic heterocycles. The van der Waals surface area contributed by atoms with Gasteiger partial charge in [0.2, 0.25) is 0 Å². The zero-order valence-corrected chi connectivity index (χ0v) is 15.7. The highest BCUT2D eigenvalue weighted by molar-refractivity contribution is 14.1. The molecule has 0 aliphatic rings. The molecule has 4 nitrogen and oxygen atoms in total. The molecule has 0 aliphatic carbocycles. The number of aromatic nitrogens is 4. The molecule has 6 heteroatoms.